The molecular weight excluding hydrogens is 204 g/mol. The van der Waals surface area contributed by atoms with E-state index in [0.29, 0.717) is 6.04 Å². The zero-order valence-electron chi connectivity index (χ0n) is 10.0. The molecule has 0 N–H and O–H groups in total. The molecule has 5 nitrogen and oxygen atoms in total. The third kappa shape index (κ3) is 2.40. The van der Waals surface area contributed by atoms with Crippen molar-refractivity contribution in [2.75, 3.05) is 7.11 Å². The smallest absolute Gasteiger partial charge is 0.138 e. The molecule has 0 aliphatic heterocycles. The molecule has 1 heterocycles. The first-order valence-electron chi connectivity index (χ1n) is 6.10. The fourth-order valence-electron chi connectivity index (χ4n) is 2.74. The van der Waals surface area contributed by atoms with Crippen LogP contribution in [0.15, 0.2) is 6.33 Å². The summed E-state index contributed by atoms with van der Waals surface area (Å²) < 4.78 is 7.43. The molecular formula is C11H20N4O. The number of nitrogens with zero attached hydrogens (tertiary/aromatic N) is 4. The monoisotopic (exact) mass is 224 g/mol. The van der Waals surface area contributed by atoms with Crippen LogP contribution in [0.3, 0.4) is 0 Å². The van der Waals surface area contributed by atoms with E-state index in [1.807, 2.05) is 4.68 Å². The molecule has 1 saturated carbocycles. The Morgan fingerprint density at radius 1 is 1.44 bits per heavy atom. The van der Waals surface area contributed by atoms with Crippen molar-refractivity contribution in [3.05, 3.63) is 6.33 Å². The van der Waals surface area contributed by atoms with Gasteiger partial charge in [-0.3, -0.25) is 0 Å². The average Bonchev–Trinajstić information content (AvgIpc) is 2.83. The van der Waals surface area contributed by atoms with Crippen LogP contribution in [-0.4, -0.2) is 33.4 Å². The standard InChI is InChI=1S/C11H20N4O/c1-3-4-9-5-6-10(11(7-9)16-2)15-8-12-13-14-15/h8-11H,3-7H2,1-2H3/t9-,10+,11-/m1/s1. The summed E-state index contributed by atoms with van der Waals surface area (Å²) in [6.45, 7) is 2.25. The van der Waals surface area contributed by atoms with E-state index in [2.05, 4.69) is 22.4 Å². The Labute approximate surface area is 96.2 Å². The van der Waals surface area contributed by atoms with Gasteiger partial charge in [0.05, 0.1) is 12.1 Å². The summed E-state index contributed by atoms with van der Waals surface area (Å²) in [5.74, 6) is 0.808. The highest BCUT2D eigenvalue weighted by molar-refractivity contribution is 4.83. The van der Waals surface area contributed by atoms with Gasteiger partial charge in [-0.25, -0.2) is 4.68 Å². The van der Waals surface area contributed by atoms with Gasteiger partial charge in [0.25, 0.3) is 0 Å². The topological polar surface area (TPSA) is 52.8 Å². The first-order chi connectivity index (χ1) is 7.85. The summed E-state index contributed by atoms with van der Waals surface area (Å²) in [4.78, 5) is 0. The lowest BCUT2D eigenvalue weighted by Crippen LogP contribution is -2.33. The van der Waals surface area contributed by atoms with E-state index >= 15 is 0 Å². The van der Waals surface area contributed by atoms with E-state index < -0.39 is 0 Å². The molecule has 0 radical (unpaired) electrons. The van der Waals surface area contributed by atoms with Crippen LogP contribution in [0.4, 0.5) is 0 Å². The molecule has 1 aromatic heterocycles. The highest BCUT2D eigenvalue weighted by Crippen LogP contribution is 2.35. The number of methoxy groups -OCH3 is 1. The molecule has 5 heteroatoms. The van der Waals surface area contributed by atoms with Crippen molar-refractivity contribution in [2.45, 2.75) is 51.2 Å². The predicted octanol–water partition coefficient (Wildman–Crippen LogP) is 1.83. The minimum Gasteiger partial charge on any atom is -0.379 e. The molecule has 0 amide bonds. The summed E-state index contributed by atoms with van der Waals surface area (Å²) in [5, 5.41) is 11.4. The third-order valence-electron chi connectivity index (χ3n) is 3.57. The molecule has 0 saturated heterocycles. The Morgan fingerprint density at radius 3 is 2.94 bits per heavy atom. The van der Waals surface area contributed by atoms with Crippen LogP contribution in [0.25, 0.3) is 0 Å². The molecule has 90 valence electrons. The quantitative estimate of drug-likeness (QED) is 0.783. The molecule has 0 aromatic carbocycles. The van der Waals surface area contributed by atoms with E-state index in [9.17, 15) is 0 Å². The summed E-state index contributed by atoms with van der Waals surface area (Å²) in [5.41, 5.74) is 0. The predicted molar refractivity (Wildman–Crippen MR) is 59.9 cm³/mol. The summed E-state index contributed by atoms with van der Waals surface area (Å²) >= 11 is 0. The molecule has 1 aliphatic rings. The second kappa shape index (κ2) is 5.39. The number of tetrazole rings is 1. The zero-order valence-corrected chi connectivity index (χ0v) is 10.0. The maximum atomic E-state index is 5.59. The van der Waals surface area contributed by atoms with Crippen LogP contribution in [-0.2, 0) is 4.74 Å². The Bertz CT molecular complexity index is 301. The summed E-state index contributed by atoms with van der Waals surface area (Å²) in [6.07, 6.45) is 8.03. The van der Waals surface area contributed by atoms with Crippen molar-refractivity contribution in [3.63, 3.8) is 0 Å². The maximum Gasteiger partial charge on any atom is 0.138 e. The maximum absolute atomic E-state index is 5.59. The molecule has 16 heavy (non-hydrogen) atoms. The Kier molecular flexibility index (Phi) is 3.88. The van der Waals surface area contributed by atoms with E-state index in [1.54, 1.807) is 13.4 Å². The van der Waals surface area contributed by atoms with Gasteiger partial charge in [-0.1, -0.05) is 19.8 Å². The molecule has 1 aromatic rings. The van der Waals surface area contributed by atoms with Crippen molar-refractivity contribution in [3.8, 4) is 0 Å². The van der Waals surface area contributed by atoms with Gasteiger partial charge in [0.2, 0.25) is 0 Å². The number of aromatic nitrogens is 4. The fourth-order valence-corrected chi connectivity index (χ4v) is 2.74. The second-order valence-corrected chi connectivity index (χ2v) is 4.60. The van der Waals surface area contributed by atoms with Crippen LogP contribution in [0.1, 0.15) is 45.1 Å². The first-order valence-corrected chi connectivity index (χ1v) is 6.10. The van der Waals surface area contributed by atoms with Crippen molar-refractivity contribution < 1.29 is 4.74 Å². The van der Waals surface area contributed by atoms with Crippen LogP contribution < -0.4 is 0 Å². The number of hydrogen-bond acceptors (Lipinski definition) is 4. The molecule has 0 spiro atoms. The molecule has 1 fully saturated rings. The molecule has 0 bridgehead atoms. The van der Waals surface area contributed by atoms with Crippen molar-refractivity contribution >= 4 is 0 Å². The summed E-state index contributed by atoms with van der Waals surface area (Å²) in [6, 6.07) is 0.313. The van der Waals surface area contributed by atoms with Crippen LogP contribution in [0, 0.1) is 5.92 Å². The molecule has 2 rings (SSSR count). The van der Waals surface area contributed by atoms with Gasteiger partial charge in [0, 0.05) is 7.11 Å². The lowest BCUT2D eigenvalue weighted by Gasteiger charge is -2.34. The largest absolute Gasteiger partial charge is 0.379 e. The highest BCUT2D eigenvalue weighted by Gasteiger charge is 2.31. The normalized spacial score (nSPS) is 30.5. The molecule has 3 atom stereocenters. The second-order valence-electron chi connectivity index (χ2n) is 4.60. The lowest BCUT2D eigenvalue weighted by molar-refractivity contribution is 0.00377. The van der Waals surface area contributed by atoms with Gasteiger partial charge in [-0.15, -0.1) is 5.10 Å². The number of ether oxygens (including phenoxy) is 1. The van der Waals surface area contributed by atoms with Crippen LogP contribution in [0.2, 0.25) is 0 Å². The van der Waals surface area contributed by atoms with Gasteiger partial charge < -0.3 is 4.74 Å². The van der Waals surface area contributed by atoms with E-state index in [1.165, 1.54) is 19.3 Å². The zero-order chi connectivity index (χ0) is 11.4. The lowest BCUT2D eigenvalue weighted by atomic mass is 9.81. The van der Waals surface area contributed by atoms with Crippen LogP contribution >= 0.6 is 0 Å². The van der Waals surface area contributed by atoms with Gasteiger partial charge in [0.15, 0.2) is 0 Å². The van der Waals surface area contributed by atoms with Gasteiger partial charge in [-0.2, -0.15) is 0 Å². The minimum atomic E-state index is 0.258. The van der Waals surface area contributed by atoms with Crippen LogP contribution in [0.5, 0.6) is 0 Å². The van der Waals surface area contributed by atoms with E-state index in [0.717, 1.165) is 18.8 Å². The van der Waals surface area contributed by atoms with Gasteiger partial charge >= 0.3 is 0 Å². The molecule has 1 aliphatic carbocycles. The Morgan fingerprint density at radius 2 is 2.31 bits per heavy atom. The molecule has 0 unspecified atom stereocenters. The van der Waals surface area contributed by atoms with Gasteiger partial charge in [0.1, 0.15) is 6.33 Å². The first kappa shape index (κ1) is 11.5. The minimum absolute atomic E-state index is 0.258. The van der Waals surface area contributed by atoms with Crippen molar-refractivity contribution in [1.29, 1.82) is 0 Å². The number of hydrogen-bond donors (Lipinski definition) is 0. The van der Waals surface area contributed by atoms with Crippen molar-refractivity contribution in [1.82, 2.24) is 20.2 Å². The SMILES string of the molecule is CCC[C@@H]1CC[C@H](n2cnnn2)[C@H](OC)C1. The highest BCUT2D eigenvalue weighted by atomic mass is 16.5. The van der Waals surface area contributed by atoms with Gasteiger partial charge in [-0.05, 0) is 35.6 Å². The van der Waals surface area contributed by atoms with E-state index in [4.69, 9.17) is 4.74 Å². The average molecular weight is 224 g/mol. The summed E-state index contributed by atoms with van der Waals surface area (Å²) in [7, 11) is 1.79. The van der Waals surface area contributed by atoms with Crippen molar-refractivity contribution in [2.24, 2.45) is 5.92 Å². The number of rotatable bonds is 4. The Hall–Kier alpha value is -0.970. The Balaban J connectivity index is 2.00. The third-order valence-corrected chi connectivity index (χ3v) is 3.57. The van der Waals surface area contributed by atoms with E-state index in [-0.39, 0.29) is 6.10 Å². The fraction of sp³-hybridized carbons (Fsp3) is 0.909.